The highest BCUT2D eigenvalue weighted by molar-refractivity contribution is 9.10. The summed E-state index contributed by atoms with van der Waals surface area (Å²) in [4.78, 5) is 11.9. The quantitative estimate of drug-likeness (QED) is 0.749. The van der Waals surface area contributed by atoms with Gasteiger partial charge in [-0.05, 0) is 55.3 Å². The number of anilines is 2. The molecule has 0 saturated carbocycles. The van der Waals surface area contributed by atoms with Gasteiger partial charge in [0.15, 0.2) is 0 Å². The van der Waals surface area contributed by atoms with E-state index in [9.17, 15) is 4.79 Å². The lowest BCUT2D eigenvalue weighted by Crippen LogP contribution is -2.19. The Morgan fingerprint density at radius 3 is 2.30 bits per heavy atom. The molecule has 0 fully saturated rings. The third-order valence-electron chi connectivity index (χ3n) is 2.66. The maximum Gasteiger partial charge on any atom is 0.323 e. The first-order valence-corrected chi connectivity index (χ1v) is 7.22. The summed E-state index contributed by atoms with van der Waals surface area (Å²) in [5.74, 6) is 0. The van der Waals surface area contributed by atoms with Crippen LogP contribution in [-0.4, -0.2) is 6.03 Å². The first-order valence-electron chi connectivity index (χ1n) is 6.05. The Hall–Kier alpha value is -1.52. The zero-order valence-corrected chi connectivity index (χ0v) is 13.5. The van der Waals surface area contributed by atoms with E-state index >= 15 is 0 Å². The van der Waals surface area contributed by atoms with Crippen molar-refractivity contribution in [1.29, 1.82) is 0 Å². The van der Waals surface area contributed by atoms with Crippen molar-refractivity contribution >= 4 is 44.9 Å². The molecule has 104 valence electrons. The molecule has 0 bridgehead atoms. The number of rotatable bonds is 2. The number of carbonyl (C=O) groups is 1. The van der Waals surface area contributed by atoms with Crippen LogP contribution in [0.15, 0.2) is 40.9 Å². The summed E-state index contributed by atoms with van der Waals surface area (Å²) >= 11 is 9.37. The molecule has 0 aromatic heterocycles. The molecule has 5 heteroatoms. The van der Waals surface area contributed by atoms with Crippen LogP contribution in [0, 0.1) is 13.8 Å². The zero-order chi connectivity index (χ0) is 14.7. The first kappa shape index (κ1) is 14.9. The molecule has 2 rings (SSSR count). The summed E-state index contributed by atoms with van der Waals surface area (Å²) in [5.41, 5.74) is 3.52. The van der Waals surface area contributed by atoms with Gasteiger partial charge in [0.1, 0.15) is 0 Å². The maximum atomic E-state index is 11.9. The Kier molecular flexibility index (Phi) is 4.68. The van der Waals surface area contributed by atoms with E-state index in [4.69, 9.17) is 11.6 Å². The molecular formula is C15H14BrClN2O. The maximum absolute atomic E-state index is 11.9. The molecule has 0 aliphatic rings. The molecule has 2 aromatic rings. The highest BCUT2D eigenvalue weighted by Crippen LogP contribution is 2.25. The molecule has 0 aliphatic carbocycles. The van der Waals surface area contributed by atoms with Gasteiger partial charge < -0.3 is 10.6 Å². The largest absolute Gasteiger partial charge is 0.323 e. The summed E-state index contributed by atoms with van der Waals surface area (Å²) in [6.45, 7) is 3.98. The van der Waals surface area contributed by atoms with Gasteiger partial charge in [-0.25, -0.2) is 4.79 Å². The Labute approximate surface area is 131 Å². The van der Waals surface area contributed by atoms with Crippen molar-refractivity contribution in [2.75, 3.05) is 10.6 Å². The zero-order valence-electron chi connectivity index (χ0n) is 11.1. The van der Waals surface area contributed by atoms with Crippen LogP contribution in [0.3, 0.4) is 0 Å². The van der Waals surface area contributed by atoms with E-state index in [0.29, 0.717) is 10.7 Å². The first-order chi connectivity index (χ1) is 9.44. The highest BCUT2D eigenvalue weighted by Gasteiger charge is 2.07. The van der Waals surface area contributed by atoms with E-state index in [1.807, 2.05) is 32.0 Å². The molecule has 0 saturated heterocycles. The van der Waals surface area contributed by atoms with Crippen LogP contribution < -0.4 is 10.6 Å². The van der Waals surface area contributed by atoms with Crippen molar-refractivity contribution in [3.63, 3.8) is 0 Å². The Balaban J connectivity index is 2.09. The molecule has 0 atom stereocenters. The molecule has 2 aromatic carbocycles. The number of halogens is 2. The van der Waals surface area contributed by atoms with Crippen LogP contribution in [0.1, 0.15) is 11.1 Å². The average molecular weight is 354 g/mol. The molecule has 2 N–H and O–H groups in total. The van der Waals surface area contributed by atoms with Gasteiger partial charge in [0.2, 0.25) is 0 Å². The Bertz CT molecular complexity index is 638. The lowest BCUT2D eigenvalue weighted by Gasteiger charge is -2.10. The molecule has 2 amide bonds. The lowest BCUT2D eigenvalue weighted by molar-refractivity contribution is 0.262. The number of amides is 2. The predicted molar refractivity (Wildman–Crippen MR) is 87.7 cm³/mol. The van der Waals surface area contributed by atoms with Gasteiger partial charge in [0.05, 0.1) is 10.7 Å². The van der Waals surface area contributed by atoms with Gasteiger partial charge in [-0.1, -0.05) is 33.6 Å². The molecule has 3 nitrogen and oxygen atoms in total. The van der Waals surface area contributed by atoms with Gasteiger partial charge >= 0.3 is 6.03 Å². The number of aryl methyl sites for hydroxylation is 2. The Morgan fingerprint density at radius 2 is 1.70 bits per heavy atom. The van der Waals surface area contributed by atoms with E-state index < -0.39 is 0 Å². The van der Waals surface area contributed by atoms with Crippen molar-refractivity contribution < 1.29 is 4.79 Å². The van der Waals surface area contributed by atoms with Crippen molar-refractivity contribution in [1.82, 2.24) is 0 Å². The van der Waals surface area contributed by atoms with Crippen LogP contribution in [0.4, 0.5) is 16.2 Å². The van der Waals surface area contributed by atoms with E-state index in [0.717, 1.165) is 21.3 Å². The summed E-state index contributed by atoms with van der Waals surface area (Å²) in [6.07, 6.45) is 0. The van der Waals surface area contributed by atoms with E-state index in [1.54, 1.807) is 12.1 Å². The molecule has 0 heterocycles. The van der Waals surface area contributed by atoms with Crippen LogP contribution >= 0.6 is 27.5 Å². The fraction of sp³-hybridized carbons (Fsp3) is 0.133. The third kappa shape index (κ3) is 3.99. The highest BCUT2D eigenvalue weighted by atomic mass is 79.9. The van der Waals surface area contributed by atoms with E-state index in [1.165, 1.54) is 0 Å². The van der Waals surface area contributed by atoms with Crippen LogP contribution in [0.5, 0.6) is 0 Å². The number of carbonyl (C=O) groups excluding carboxylic acids is 1. The smallest absolute Gasteiger partial charge is 0.308 e. The second kappa shape index (κ2) is 6.29. The SMILES string of the molecule is Cc1cc(C)cc(NC(=O)Nc2ccc(Br)cc2Cl)c1. The second-order valence-corrected chi connectivity index (χ2v) is 5.90. The van der Waals surface area contributed by atoms with Crippen molar-refractivity contribution in [3.05, 3.63) is 57.0 Å². The van der Waals surface area contributed by atoms with Gasteiger partial charge in [-0.15, -0.1) is 0 Å². The standard InChI is InChI=1S/C15H14BrClN2O/c1-9-5-10(2)7-12(6-9)18-15(20)19-14-4-3-11(16)8-13(14)17/h3-8H,1-2H3,(H2,18,19,20). The van der Waals surface area contributed by atoms with Gasteiger partial charge in [0.25, 0.3) is 0 Å². The van der Waals surface area contributed by atoms with Gasteiger partial charge in [-0.3, -0.25) is 0 Å². The minimum atomic E-state index is -0.320. The average Bonchev–Trinajstić information content (AvgIpc) is 2.31. The fourth-order valence-corrected chi connectivity index (χ4v) is 2.64. The van der Waals surface area contributed by atoms with E-state index in [-0.39, 0.29) is 6.03 Å². The normalized spacial score (nSPS) is 10.2. The summed E-state index contributed by atoms with van der Waals surface area (Å²) in [6, 6.07) is 10.8. The van der Waals surface area contributed by atoms with Crippen molar-refractivity contribution in [3.8, 4) is 0 Å². The van der Waals surface area contributed by atoms with Gasteiger partial charge in [-0.2, -0.15) is 0 Å². The molecule has 0 radical (unpaired) electrons. The van der Waals surface area contributed by atoms with Crippen LogP contribution in [0.2, 0.25) is 5.02 Å². The lowest BCUT2D eigenvalue weighted by atomic mass is 10.1. The molecular weight excluding hydrogens is 340 g/mol. The van der Waals surface area contributed by atoms with Crippen molar-refractivity contribution in [2.24, 2.45) is 0 Å². The predicted octanol–water partition coefficient (Wildman–Crippen LogP) is 5.36. The van der Waals surface area contributed by atoms with Gasteiger partial charge in [0, 0.05) is 10.2 Å². The van der Waals surface area contributed by atoms with Crippen LogP contribution in [-0.2, 0) is 0 Å². The summed E-state index contributed by atoms with van der Waals surface area (Å²) in [7, 11) is 0. The number of urea groups is 1. The number of benzene rings is 2. The minimum Gasteiger partial charge on any atom is -0.308 e. The monoisotopic (exact) mass is 352 g/mol. The topological polar surface area (TPSA) is 41.1 Å². The molecule has 20 heavy (non-hydrogen) atoms. The molecule has 0 spiro atoms. The third-order valence-corrected chi connectivity index (χ3v) is 3.46. The summed E-state index contributed by atoms with van der Waals surface area (Å²) in [5, 5.41) is 6.00. The number of hydrogen-bond donors (Lipinski definition) is 2. The summed E-state index contributed by atoms with van der Waals surface area (Å²) < 4.78 is 0.864. The van der Waals surface area contributed by atoms with E-state index in [2.05, 4.69) is 32.6 Å². The number of hydrogen-bond acceptors (Lipinski definition) is 1. The van der Waals surface area contributed by atoms with Crippen LogP contribution in [0.25, 0.3) is 0 Å². The van der Waals surface area contributed by atoms with Crippen molar-refractivity contribution in [2.45, 2.75) is 13.8 Å². The molecule has 0 unspecified atom stereocenters. The molecule has 0 aliphatic heterocycles. The Morgan fingerprint density at radius 1 is 1.05 bits per heavy atom. The minimum absolute atomic E-state index is 0.320. The number of nitrogens with one attached hydrogen (secondary N) is 2. The fourth-order valence-electron chi connectivity index (χ4n) is 1.92. The second-order valence-electron chi connectivity index (χ2n) is 4.58.